The predicted molar refractivity (Wildman–Crippen MR) is 180 cm³/mol. The number of aryl methyl sites for hydroxylation is 1. The van der Waals surface area contributed by atoms with Crippen LogP contribution in [0, 0.1) is 0 Å². The molecule has 0 radical (unpaired) electrons. The van der Waals surface area contributed by atoms with Crippen molar-refractivity contribution in [3.63, 3.8) is 0 Å². The molecule has 0 bridgehead atoms. The van der Waals surface area contributed by atoms with Crippen molar-refractivity contribution >= 4 is 46.3 Å². The Balaban J connectivity index is 1.31. The quantitative estimate of drug-likeness (QED) is 0.170. The van der Waals surface area contributed by atoms with Gasteiger partial charge in [-0.1, -0.05) is 65.1 Å². The molecule has 1 atom stereocenters. The summed E-state index contributed by atoms with van der Waals surface area (Å²) < 4.78 is 16.8. The fraction of sp³-hybridized carbons (Fsp3) is 0.400. The summed E-state index contributed by atoms with van der Waals surface area (Å²) in [5.74, 6) is 1.05. The number of rotatable bonds is 15. The first-order chi connectivity index (χ1) is 21.9. The SMILES string of the molecule is COCCCc1ccc(Cl)c(CN(C(=O)C2=C(c3ccc(OCCOc4c(Cl)cccc4Cl)cc3)CCN[C@@H]2CO)C2CC2)c1. The van der Waals surface area contributed by atoms with Gasteiger partial charge in [-0.3, -0.25) is 4.79 Å². The van der Waals surface area contributed by atoms with Gasteiger partial charge in [-0.2, -0.15) is 0 Å². The molecule has 0 unspecified atom stereocenters. The van der Waals surface area contributed by atoms with Gasteiger partial charge in [0.1, 0.15) is 19.0 Å². The highest BCUT2D eigenvalue weighted by Gasteiger charge is 2.38. The van der Waals surface area contributed by atoms with Gasteiger partial charge in [0.2, 0.25) is 0 Å². The first kappa shape index (κ1) is 33.6. The van der Waals surface area contributed by atoms with Crippen LogP contribution < -0.4 is 14.8 Å². The molecule has 7 nitrogen and oxygen atoms in total. The Morgan fingerprint density at radius 2 is 1.69 bits per heavy atom. The molecule has 0 saturated heterocycles. The molecule has 5 rings (SSSR count). The molecular formula is C35H39Cl3N2O5. The number of methoxy groups -OCH3 is 1. The molecule has 1 aliphatic heterocycles. The zero-order chi connectivity index (χ0) is 31.8. The highest BCUT2D eigenvalue weighted by Crippen LogP contribution is 2.36. The number of hydrogen-bond acceptors (Lipinski definition) is 6. The summed E-state index contributed by atoms with van der Waals surface area (Å²) in [6, 6.07) is 18.7. The normalized spacial score (nSPS) is 16.5. The van der Waals surface area contributed by atoms with Gasteiger partial charge in [-0.25, -0.2) is 0 Å². The number of nitrogens with zero attached hydrogens (tertiary/aromatic N) is 1. The van der Waals surface area contributed by atoms with Gasteiger partial charge >= 0.3 is 0 Å². The second kappa shape index (κ2) is 16.2. The summed E-state index contributed by atoms with van der Waals surface area (Å²) in [4.78, 5) is 16.3. The average Bonchev–Trinajstić information content (AvgIpc) is 3.89. The third-order valence-electron chi connectivity index (χ3n) is 8.09. The molecule has 2 N–H and O–H groups in total. The maximum absolute atomic E-state index is 14.4. The number of aliphatic hydroxyl groups is 1. The van der Waals surface area contributed by atoms with E-state index in [-0.39, 0.29) is 25.2 Å². The monoisotopic (exact) mass is 672 g/mol. The third-order valence-corrected chi connectivity index (χ3v) is 9.05. The van der Waals surface area contributed by atoms with Gasteiger partial charge < -0.3 is 29.5 Å². The van der Waals surface area contributed by atoms with E-state index in [1.807, 2.05) is 41.3 Å². The minimum Gasteiger partial charge on any atom is -0.490 e. The van der Waals surface area contributed by atoms with Crippen molar-refractivity contribution in [2.75, 3.05) is 40.1 Å². The van der Waals surface area contributed by atoms with Crippen LogP contribution in [0.4, 0.5) is 0 Å². The second-order valence-electron chi connectivity index (χ2n) is 11.3. The summed E-state index contributed by atoms with van der Waals surface area (Å²) in [5.41, 5.74) is 4.58. The number of nitrogens with one attached hydrogen (secondary N) is 1. The first-order valence-electron chi connectivity index (χ1n) is 15.3. The Labute approximate surface area is 280 Å². The largest absolute Gasteiger partial charge is 0.490 e. The summed E-state index contributed by atoms with van der Waals surface area (Å²) in [7, 11) is 1.70. The fourth-order valence-corrected chi connectivity index (χ4v) is 6.33. The van der Waals surface area contributed by atoms with Crippen LogP contribution in [-0.4, -0.2) is 68.1 Å². The number of aliphatic hydroxyl groups excluding tert-OH is 1. The Morgan fingerprint density at radius 3 is 2.38 bits per heavy atom. The maximum atomic E-state index is 14.4. The molecule has 240 valence electrons. The molecule has 0 aromatic heterocycles. The summed E-state index contributed by atoms with van der Waals surface area (Å²) in [5, 5.41) is 15.2. The van der Waals surface area contributed by atoms with Crippen molar-refractivity contribution in [3.8, 4) is 11.5 Å². The van der Waals surface area contributed by atoms with Crippen LogP contribution in [0.5, 0.6) is 11.5 Å². The van der Waals surface area contributed by atoms with Crippen molar-refractivity contribution in [1.82, 2.24) is 10.2 Å². The molecule has 1 fully saturated rings. The van der Waals surface area contributed by atoms with Crippen molar-refractivity contribution in [2.24, 2.45) is 0 Å². The Bertz CT molecular complexity index is 1470. The number of ether oxygens (including phenoxy) is 3. The standard InChI is InChI=1S/C35H39Cl3N2O5/c1-43-17-3-4-23-7-14-29(36)25(20-23)21-40(26-10-11-26)35(42)33-28(15-16-39-32(33)22-41)24-8-12-27(13-9-24)44-18-19-45-34-30(37)5-2-6-31(34)38/h2,5-9,12-14,20,26,32,39,41H,3-4,10-11,15-19,21-22H2,1H3/t32-/m1/s1. The molecule has 1 saturated carbocycles. The lowest BCUT2D eigenvalue weighted by molar-refractivity contribution is -0.128. The van der Waals surface area contributed by atoms with Crippen LogP contribution in [0.15, 0.2) is 66.2 Å². The minimum atomic E-state index is -0.455. The van der Waals surface area contributed by atoms with Crippen molar-refractivity contribution in [2.45, 2.75) is 50.7 Å². The summed E-state index contributed by atoms with van der Waals surface area (Å²) in [6.45, 7) is 2.18. The molecule has 1 heterocycles. The third kappa shape index (κ3) is 8.73. The molecule has 10 heteroatoms. The molecule has 0 spiro atoms. The fourth-order valence-electron chi connectivity index (χ4n) is 5.64. The summed E-state index contributed by atoms with van der Waals surface area (Å²) >= 11 is 19.0. The highest BCUT2D eigenvalue weighted by atomic mass is 35.5. The topological polar surface area (TPSA) is 80.3 Å². The number of halogens is 3. The Morgan fingerprint density at radius 1 is 0.956 bits per heavy atom. The molecular weight excluding hydrogens is 635 g/mol. The Kier molecular flexibility index (Phi) is 12.1. The number of benzene rings is 3. The average molecular weight is 674 g/mol. The zero-order valence-electron chi connectivity index (χ0n) is 25.4. The highest BCUT2D eigenvalue weighted by molar-refractivity contribution is 6.37. The van der Waals surface area contributed by atoms with Crippen LogP contribution in [0.2, 0.25) is 15.1 Å². The van der Waals surface area contributed by atoms with Gasteiger partial charge in [0.25, 0.3) is 5.91 Å². The van der Waals surface area contributed by atoms with Gasteiger partial charge in [-0.05, 0) is 91.2 Å². The number of amides is 1. The van der Waals surface area contributed by atoms with Gasteiger partial charge in [0, 0.05) is 36.9 Å². The van der Waals surface area contributed by atoms with Crippen molar-refractivity contribution in [1.29, 1.82) is 0 Å². The van der Waals surface area contributed by atoms with Crippen LogP contribution >= 0.6 is 34.8 Å². The van der Waals surface area contributed by atoms with Gasteiger partial charge in [-0.15, -0.1) is 0 Å². The lowest BCUT2D eigenvalue weighted by Gasteiger charge is -2.33. The minimum absolute atomic E-state index is 0.0599. The van der Waals surface area contributed by atoms with Crippen LogP contribution in [0.3, 0.4) is 0 Å². The van der Waals surface area contributed by atoms with E-state index in [1.165, 1.54) is 5.56 Å². The first-order valence-corrected chi connectivity index (χ1v) is 16.5. The lowest BCUT2D eigenvalue weighted by atomic mass is 9.88. The molecule has 1 aliphatic carbocycles. The molecule has 1 amide bonds. The van der Waals surface area contributed by atoms with Crippen molar-refractivity contribution in [3.05, 3.63) is 98.0 Å². The maximum Gasteiger partial charge on any atom is 0.252 e. The van der Waals surface area contributed by atoms with E-state index in [2.05, 4.69) is 11.4 Å². The predicted octanol–water partition coefficient (Wildman–Crippen LogP) is 6.98. The van der Waals surface area contributed by atoms with Crippen molar-refractivity contribution < 1.29 is 24.1 Å². The second-order valence-corrected chi connectivity index (χ2v) is 12.5. The molecule has 3 aromatic rings. The van der Waals surface area contributed by atoms with Gasteiger partial charge in [0.15, 0.2) is 5.75 Å². The van der Waals surface area contributed by atoms with E-state index in [4.69, 9.17) is 49.0 Å². The number of carbonyl (C=O) groups excluding carboxylic acids is 1. The smallest absolute Gasteiger partial charge is 0.252 e. The molecule has 45 heavy (non-hydrogen) atoms. The van der Waals surface area contributed by atoms with Crippen LogP contribution in [-0.2, 0) is 22.5 Å². The number of carbonyl (C=O) groups is 1. The Hall–Kier alpha value is -2.78. The van der Waals surface area contributed by atoms with E-state index < -0.39 is 6.04 Å². The van der Waals surface area contributed by atoms with E-state index in [0.29, 0.717) is 64.9 Å². The molecule has 3 aromatic carbocycles. The molecule has 2 aliphatic rings. The van der Waals surface area contributed by atoms with E-state index in [1.54, 1.807) is 25.3 Å². The lowest BCUT2D eigenvalue weighted by Crippen LogP contribution is -2.46. The summed E-state index contributed by atoms with van der Waals surface area (Å²) in [6.07, 6.45) is 4.37. The number of hydrogen-bond donors (Lipinski definition) is 2. The van der Waals surface area contributed by atoms with Crippen LogP contribution in [0.25, 0.3) is 5.57 Å². The van der Waals surface area contributed by atoms with Crippen LogP contribution in [0.1, 0.15) is 42.4 Å². The van der Waals surface area contributed by atoms with E-state index in [9.17, 15) is 9.90 Å². The number of para-hydroxylation sites is 1. The van der Waals surface area contributed by atoms with E-state index in [0.717, 1.165) is 42.4 Å². The van der Waals surface area contributed by atoms with Gasteiger partial charge in [0.05, 0.1) is 22.7 Å². The van der Waals surface area contributed by atoms with E-state index >= 15 is 0 Å². The zero-order valence-corrected chi connectivity index (χ0v) is 27.6.